The topological polar surface area (TPSA) is 125 Å². The van der Waals surface area contributed by atoms with Gasteiger partial charge in [-0.15, -0.1) is 0 Å². The number of aliphatic carboxylic acids is 1. The van der Waals surface area contributed by atoms with Crippen molar-refractivity contribution >= 4 is 12.1 Å². The quantitative estimate of drug-likeness (QED) is 0.281. The van der Waals surface area contributed by atoms with Crippen LogP contribution in [0, 0.1) is 5.92 Å². The highest BCUT2D eigenvalue weighted by Crippen LogP contribution is 2.20. The lowest BCUT2D eigenvalue weighted by atomic mass is 9.93. The first-order valence-electron chi connectivity index (χ1n) is 13.2. The van der Waals surface area contributed by atoms with Crippen molar-refractivity contribution in [1.82, 2.24) is 5.32 Å². The van der Waals surface area contributed by atoms with E-state index in [4.69, 9.17) is 9.47 Å². The van der Waals surface area contributed by atoms with Gasteiger partial charge in [0.15, 0.2) is 0 Å². The van der Waals surface area contributed by atoms with E-state index in [-0.39, 0.29) is 18.4 Å². The molecule has 0 saturated carbocycles. The van der Waals surface area contributed by atoms with E-state index in [0.717, 1.165) is 11.1 Å². The van der Waals surface area contributed by atoms with E-state index in [0.29, 0.717) is 12.2 Å². The van der Waals surface area contributed by atoms with Gasteiger partial charge in [-0.2, -0.15) is 0 Å². The van der Waals surface area contributed by atoms with Gasteiger partial charge in [-0.1, -0.05) is 54.6 Å². The molecule has 2 aromatic rings. The second-order valence-corrected chi connectivity index (χ2v) is 11.7. The minimum Gasteiger partial charge on any atom is -0.488 e. The summed E-state index contributed by atoms with van der Waals surface area (Å²) in [5.41, 5.74) is 0.628. The second-order valence-electron chi connectivity index (χ2n) is 11.7. The monoisotopic (exact) mass is 541 g/mol. The molecule has 0 radical (unpaired) electrons. The number of rotatable bonds is 12. The van der Waals surface area contributed by atoms with Gasteiger partial charge in [-0.05, 0) is 84.1 Å². The first kappa shape index (κ1) is 31.9. The van der Waals surface area contributed by atoms with Crippen molar-refractivity contribution in [3.8, 4) is 5.75 Å². The van der Waals surface area contributed by atoms with E-state index in [1.165, 1.54) is 6.08 Å². The number of carbonyl (C=O) groups is 2. The molecular formula is C31H43NO7. The molecule has 0 aromatic heterocycles. The van der Waals surface area contributed by atoms with Gasteiger partial charge < -0.3 is 30.1 Å². The zero-order valence-corrected chi connectivity index (χ0v) is 23.8. The Balaban J connectivity index is 2.11. The Morgan fingerprint density at radius 1 is 0.872 bits per heavy atom. The summed E-state index contributed by atoms with van der Waals surface area (Å²) in [4.78, 5) is 24.3. The summed E-state index contributed by atoms with van der Waals surface area (Å²) in [7, 11) is 0. The van der Waals surface area contributed by atoms with Crippen LogP contribution >= 0.6 is 0 Å². The standard InChI is InChI=1S/C31H43NO7/c1-30(2,3)38-23-17-15-22(16-18-23)20-25(32-29(37)39-31(4,5)6)27(34)14-10-13-26(33)24(28(35)36)19-21-11-8-7-9-12-21/h7-13,15-18,24-27,33-34H,14,19-20H2,1-6H3,(H,32,37)(H,35,36)/t24-,25+,26-,27-/m1/s1. The van der Waals surface area contributed by atoms with Gasteiger partial charge in [0.1, 0.15) is 17.0 Å². The highest BCUT2D eigenvalue weighted by molar-refractivity contribution is 5.71. The fourth-order valence-electron chi connectivity index (χ4n) is 3.92. The Labute approximate surface area is 231 Å². The molecule has 0 fully saturated rings. The second kappa shape index (κ2) is 14.1. The van der Waals surface area contributed by atoms with Crippen LogP contribution in [0.1, 0.15) is 59.1 Å². The SMILES string of the molecule is CC(C)(C)OC(=O)N[C@@H](Cc1ccc(OC(C)(C)C)cc1)[C@H](O)CC=C[C@@H](O)[C@@H](Cc1ccccc1)C(=O)O. The van der Waals surface area contributed by atoms with Crippen LogP contribution in [0.15, 0.2) is 66.7 Å². The van der Waals surface area contributed by atoms with E-state index < -0.39 is 41.8 Å². The molecule has 4 N–H and O–H groups in total. The third-order valence-corrected chi connectivity index (χ3v) is 5.71. The number of nitrogens with one attached hydrogen (secondary N) is 1. The molecule has 0 aliphatic carbocycles. The molecule has 2 aromatic carbocycles. The zero-order chi connectivity index (χ0) is 29.2. The van der Waals surface area contributed by atoms with Gasteiger partial charge in [0.2, 0.25) is 0 Å². The van der Waals surface area contributed by atoms with Gasteiger partial charge in [-0.3, -0.25) is 4.79 Å². The van der Waals surface area contributed by atoms with Gasteiger partial charge >= 0.3 is 12.1 Å². The third-order valence-electron chi connectivity index (χ3n) is 5.71. The molecule has 0 spiro atoms. The number of amides is 1. The van der Waals surface area contributed by atoms with Crippen molar-refractivity contribution < 1.29 is 34.4 Å². The van der Waals surface area contributed by atoms with Crippen LogP contribution in [-0.4, -0.2) is 56.8 Å². The summed E-state index contributed by atoms with van der Waals surface area (Å²) < 4.78 is 11.2. The van der Waals surface area contributed by atoms with Crippen LogP contribution in [0.3, 0.4) is 0 Å². The Morgan fingerprint density at radius 2 is 1.46 bits per heavy atom. The average molecular weight is 542 g/mol. The molecule has 0 bridgehead atoms. The van der Waals surface area contributed by atoms with Crippen molar-refractivity contribution in [3.05, 3.63) is 77.9 Å². The average Bonchev–Trinajstić information content (AvgIpc) is 2.81. The number of carboxylic acids is 1. The van der Waals surface area contributed by atoms with Gasteiger partial charge in [0.05, 0.1) is 24.2 Å². The highest BCUT2D eigenvalue weighted by atomic mass is 16.6. The fraction of sp³-hybridized carbons (Fsp3) is 0.484. The molecule has 4 atom stereocenters. The Kier molecular flexibility index (Phi) is 11.6. The van der Waals surface area contributed by atoms with Crippen molar-refractivity contribution in [2.45, 2.75) is 90.3 Å². The number of carboxylic acid groups (broad SMARTS) is 1. The lowest BCUT2D eigenvalue weighted by molar-refractivity contribution is -0.144. The summed E-state index contributed by atoms with van der Waals surface area (Å²) in [6, 6.07) is 15.8. The van der Waals surface area contributed by atoms with E-state index in [1.807, 2.05) is 75.4 Å². The van der Waals surface area contributed by atoms with E-state index >= 15 is 0 Å². The van der Waals surface area contributed by atoms with Crippen molar-refractivity contribution in [2.24, 2.45) is 5.92 Å². The molecule has 0 aliphatic heterocycles. The van der Waals surface area contributed by atoms with E-state index in [1.54, 1.807) is 26.8 Å². The number of hydrogen-bond acceptors (Lipinski definition) is 6. The number of hydrogen-bond donors (Lipinski definition) is 4. The molecular weight excluding hydrogens is 498 g/mol. The molecule has 39 heavy (non-hydrogen) atoms. The largest absolute Gasteiger partial charge is 0.488 e. The minimum absolute atomic E-state index is 0.0837. The molecule has 0 aliphatic rings. The van der Waals surface area contributed by atoms with Gasteiger partial charge in [0, 0.05) is 0 Å². The number of ether oxygens (including phenoxy) is 2. The maximum absolute atomic E-state index is 12.5. The van der Waals surface area contributed by atoms with Gasteiger partial charge in [0.25, 0.3) is 0 Å². The van der Waals surface area contributed by atoms with Crippen LogP contribution in [0.4, 0.5) is 4.79 Å². The normalized spacial score (nSPS) is 15.3. The van der Waals surface area contributed by atoms with Crippen LogP contribution in [0.5, 0.6) is 5.75 Å². The van der Waals surface area contributed by atoms with Crippen molar-refractivity contribution in [1.29, 1.82) is 0 Å². The molecule has 0 heterocycles. The molecule has 0 unspecified atom stereocenters. The number of benzene rings is 2. The number of aliphatic hydroxyl groups excluding tert-OH is 2. The molecule has 2 rings (SSSR count). The van der Waals surface area contributed by atoms with Crippen molar-refractivity contribution in [2.75, 3.05) is 0 Å². The predicted octanol–water partition coefficient (Wildman–Crippen LogP) is 4.91. The zero-order valence-electron chi connectivity index (χ0n) is 23.8. The van der Waals surface area contributed by atoms with Crippen LogP contribution < -0.4 is 10.1 Å². The lowest BCUT2D eigenvalue weighted by Crippen LogP contribution is -2.46. The van der Waals surface area contributed by atoms with E-state index in [2.05, 4.69) is 5.32 Å². The first-order chi connectivity index (χ1) is 18.1. The third kappa shape index (κ3) is 12.4. The first-order valence-corrected chi connectivity index (χ1v) is 13.2. The fourth-order valence-corrected chi connectivity index (χ4v) is 3.92. The predicted molar refractivity (Wildman–Crippen MR) is 151 cm³/mol. The van der Waals surface area contributed by atoms with Gasteiger partial charge in [-0.25, -0.2) is 4.79 Å². The summed E-state index contributed by atoms with van der Waals surface area (Å²) in [6.45, 7) is 11.1. The van der Waals surface area contributed by atoms with Crippen LogP contribution in [0.2, 0.25) is 0 Å². The summed E-state index contributed by atoms with van der Waals surface area (Å²) in [5.74, 6) is -1.44. The molecule has 8 nitrogen and oxygen atoms in total. The molecule has 8 heteroatoms. The number of alkyl carbamates (subject to hydrolysis) is 1. The summed E-state index contributed by atoms with van der Waals surface area (Å²) in [5, 5.41) is 33.9. The Hall–Kier alpha value is -3.36. The lowest BCUT2D eigenvalue weighted by Gasteiger charge is -2.27. The smallest absolute Gasteiger partial charge is 0.407 e. The molecule has 1 amide bonds. The molecule has 214 valence electrons. The van der Waals surface area contributed by atoms with Crippen molar-refractivity contribution in [3.63, 3.8) is 0 Å². The summed E-state index contributed by atoms with van der Waals surface area (Å²) >= 11 is 0. The Bertz CT molecular complexity index is 1070. The van der Waals surface area contributed by atoms with E-state index in [9.17, 15) is 24.9 Å². The highest BCUT2D eigenvalue weighted by Gasteiger charge is 2.27. The Morgan fingerprint density at radius 3 is 2.00 bits per heavy atom. The maximum Gasteiger partial charge on any atom is 0.407 e. The minimum atomic E-state index is -1.25. The maximum atomic E-state index is 12.5. The number of aliphatic hydroxyl groups is 2. The van der Waals surface area contributed by atoms with Crippen LogP contribution in [0.25, 0.3) is 0 Å². The summed E-state index contributed by atoms with van der Waals surface area (Å²) in [6.07, 6.45) is 0.568. The van der Waals surface area contributed by atoms with Crippen LogP contribution in [-0.2, 0) is 22.4 Å². The number of carbonyl (C=O) groups excluding carboxylic acids is 1. The molecule has 0 saturated heterocycles.